The third-order valence-electron chi connectivity index (χ3n) is 7.19. The number of hydrogen-bond donors (Lipinski definition) is 4. The predicted molar refractivity (Wildman–Crippen MR) is 154 cm³/mol. The highest BCUT2D eigenvalue weighted by molar-refractivity contribution is 5.77. The van der Waals surface area contributed by atoms with Gasteiger partial charge in [0.1, 0.15) is 12.2 Å². The van der Waals surface area contributed by atoms with Crippen LogP contribution in [0, 0.1) is 6.92 Å². The third kappa shape index (κ3) is 5.15. The Kier molecular flexibility index (Phi) is 6.20. The van der Waals surface area contributed by atoms with Crippen LogP contribution in [0.25, 0.3) is 28.3 Å². The van der Waals surface area contributed by atoms with E-state index in [1.807, 2.05) is 50.5 Å². The standard InChI is InChI=1S/C30H35N9/c1-19-7-6-8-24(35-19)28-27(21-10-12-26-33-18-34-39(26)17-21)36-25(37-28)16-32-23-11-9-20-14-30(31-5,15-22(20)13-23)38-29(2,3)4/h6-13,17-18,31-32,38H,14-16H2,1-5H3,(H,36,37). The highest BCUT2D eigenvalue weighted by Gasteiger charge is 2.38. The smallest absolute Gasteiger partial charge is 0.155 e. The van der Waals surface area contributed by atoms with Crippen LogP contribution in [0.5, 0.6) is 0 Å². The molecule has 9 heteroatoms. The molecule has 0 spiro atoms. The SMILES string of the molecule is CNC1(NC(C)(C)C)Cc2ccc(NCc3nc(-c4ccc5ncnn5c4)c(-c4cccc(C)n4)[nH]3)cc2C1. The van der Waals surface area contributed by atoms with Gasteiger partial charge in [-0.05, 0) is 82.3 Å². The monoisotopic (exact) mass is 521 g/mol. The van der Waals surface area contributed by atoms with Gasteiger partial charge in [-0.15, -0.1) is 0 Å². The van der Waals surface area contributed by atoms with Crippen molar-refractivity contribution in [2.45, 2.75) is 58.3 Å². The topological polar surface area (TPSA) is 108 Å². The number of likely N-dealkylation sites (N-methyl/N-ethyl adjacent to an activating group) is 1. The van der Waals surface area contributed by atoms with E-state index in [9.17, 15) is 0 Å². The van der Waals surface area contributed by atoms with Gasteiger partial charge in [-0.2, -0.15) is 5.10 Å². The second-order valence-electron chi connectivity index (χ2n) is 11.4. The van der Waals surface area contributed by atoms with Crippen molar-refractivity contribution in [3.8, 4) is 22.6 Å². The van der Waals surface area contributed by atoms with Crippen molar-refractivity contribution in [1.82, 2.24) is 40.2 Å². The molecule has 39 heavy (non-hydrogen) atoms. The van der Waals surface area contributed by atoms with Crippen LogP contribution >= 0.6 is 0 Å². The van der Waals surface area contributed by atoms with Gasteiger partial charge in [0.2, 0.25) is 0 Å². The molecule has 0 bridgehead atoms. The first-order valence-electron chi connectivity index (χ1n) is 13.4. The molecule has 9 nitrogen and oxygen atoms in total. The normalized spacial score (nSPS) is 17.1. The molecule has 1 aliphatic carbocycles. The number of aromatic amines is 1. The van der Waals surface area contributed by atoms with Crippen LogP contribution in [0.15, 0.2) is 61.1 Å². The fraction of sp³-hybridized carbons (Fsp3) is 0.333. The fourth-order valence-corrected chi connectivity index (χ4v) is 5.56. The third-order valence-corrected chi connectivity index (χ3v) is 7.19. The second kappa shape index (κ2) is 9.59. The molecule has 5 aromatic rings. The van der Waals surface area contributed by atoms with Crippen molar-refractivity contribution in [3.63, 3.8) is 0 Å². The van der Waals surface area contributed by atoms with E-state index in [1.54, 1.807) is 10.8 Å². The lowest BCUT2D eigenvalue weighted by Crippen LogP contribution is -2.62. The summed E-state index contributed by atoms with van der Waals surface area (Å²) in [6.07, 6.45) is 5.40. The lowest BCUT2D eigenvalue weighted by molar-refractivity contribution is 0.216. The van der Waals surface area contributed by atoms with E-state index in [-0.39, 0.29) is 11.2 Å². The molecule has 0 fully saturated rings. The van der Waals surface area contributed by atoms with E-state index < -0.39 is 0 Å². The molecule has 1 aromatic carbocycles. The first kappa shape index (κ1) is 25.2. The Labute approximate surface area is 228 Å². The van der Waals surface area contributed by atoms with Crippen LogP contribution in [0.2, 0.25) is 0 Å². The Bertz CT molecular complexity index is 1640. The molecule has 1 atom stereocenters. The molecule has 4 N–H and O–H groups in total. The first-order valence-corrected chi connectivity index (χ1v) is 13.4. The molecule has 0 saturated heterocycles. The van der Waals surface area contributed by atoms with Crippen molar-refractivity contribution in [2.75, 3.05) is 12.4 Å². The van der Waals surface area contributed by atoms with E-state index in [1.165, 1.54) is 11.1 Å². The number of rotatable bonds is 7. The van der Waals surface area contributed by atoms with Crippen LogP contribution in [-0.2, 0) is 19.4 Å². The van der Waals surface area contributed by atoms with Crippen molar-refractivity contribution in [1.29, 1.82) is 0 Å². The first-order chi connectivity index (χ1) is 18.7. The molecule has 1 unspecified atom stereocenters. The Morgan fingerprint density at radius 2 is 1.87 bits per heavy atom. The maximum Gasteiger partial charge on any atom is 0.155 e. The maximum atomic E-state index is 5.00. The number of imidazole rings is 1. The average Bonchev–Trinajstić information content (AvgIpc) is 3.62. The van der Waals surface area contributed by atoms with Crippen LogP contribution in [-0.4, -0.2) is 47.8 Å². The van der Waals surface area contributed by atoms with Crippen molar-refractivity contribution in [2.24, 2.45) is 0 Å². The Morgan fingerprint density at radius 3 is 2.67 bits per heavy atom. The number of aromatic nitrogens is 6. The van der Waals surface area contributed by atoms with Gasteiger partial charge >= 0.3 is 0 Å². The molecule has 200 valence electrons. The van der Waals surface area contributed by atoms with Gasteiger partial charge in [-0.3, -0.25) is 10.3 Å². The summed E-state index contributed by atoms with van der Waals surface area (Å²) in [5.41, 5.74) is 8.98. The molecule has 1 aliphatic rings. The van der Waals surface area contributed by atoms with E-state index in [2.05, 4.69) is 70.0 Å². The summed E-state index contributed by atoms with van der Waals surface area (Å²) in [6.45, 7) is 9.19. The minimum Gasteiger partial charge on any atom is -0.378 e. The van der Waals surface area contributed by atoms with Gasteiger partial charge in [0, 0.05) is 41.5 Å². The second-order valence-corrected chi connectivity index (χ2v) is 11.4. The highest BCUT2D eigenvalue weighted by atomic mass is 15.3. The lowest BCUT2D eigenvalue weighted by atomic mass is 10.0. The highest BCUT2D eigenvalue weighted by Crippen LogP contribution is 2.33. The number of aryl methyl sites for hydroxylation is 1. The Hall–Kier alpha value is -4.08. The number of anilines is 1. The number of benzene rings is 1. The van der Waals surface area contributed by atoms with E-state index in [0.717, 1.165) is 58.3 Å². The molecule has 0 radical (unpaired) electrons. The molecular formula is C30H35N9. The molecule has 0 aliphatic heterocycles. The summed E-state index contributed by atoms with van der Waals surface area (Å²) < 4.78 is 1.76. The van der Waals surface area contributed by atoms with Gasteiger partial charge in [0.05, 0.1) is 29.3 Å². The van der Waals surface area contributed by atoms with Gasteiger partial charge in [-0.1, -0.05) is 12.1 Å². The van der Waals surface area contributed by atoms with Crippen LogP contribution in [0.4, 0.5) is 5.69 Å². The van der Waals surface area contributed by atoms with Crippen LogP contribution in [0.3, 0.4) is 0 Å². The molecular weight excluding hydrogens is 486 g/mol. The molecule has 0 saturated carbocycles. The van der Waals surface area contributed by atoms with Gasteiger partial charge in [0.15, 0.2) is 5.65 Å². The van der Waals surface area contributed by atoms with Crippen molar-refractivity contribution >= 4 is 11.3 Å². The summed E-state index contributed by atoms with van der Waals surface area (Å²) in [7, 11) is 2.04. The molecule has 4 aromatic heterocycles. The van der Waals surface area contributed by atoms with E-state index in [4.69, 9.17) is 9.97 Å². The summed E-state index contributed by atoms with van der Waals surface area (Å²) in [6, 6.07) is 16.7. The summed E-state index contributed by atoms with van der Waals surface area (Å²) in [5, 5.41) is 15.2. The zero-order valence-electron chi connectivity index (χ0n) is 23.1. The summed E-state index contributed by atoms with van der Waals surface area (Å²) in [4.78, 5) is 17.6. The Balaban J connectivity index is 1.27. The summed E-state index contributed by atoms with van der Waals surface area (Å²) in [5.74, 6) is 0.835. The number of nitrogens with zero attached hydrogens (tertiary/aromatic N) is 5. The number of H-pyrrole nitrogens is 1. The number of nitrogens with one attached hydrogen (secondary N) is 4. The number of pyridine rings is 2. The minimum absolute atomic E-state index is 0.0193. The summed E-state index contributed by atoms with van der Waals surface area (Å²) >= 11 is 0. The maximum absolute atomic E-state index is 5.00. The van der Waals surface area contributed by atoms with Gasteiger partial charge in [-0.25, -0.2) is 14.5 Å². The lowest BCUT2D eigenvalue weighted by Gasteiger charge is -2.37. The molecule has 0 amide bonds. The molecule has 4 heterocycles. The van der Waals surface area contributed by atoms with Crippen molar-refractivity contribution in [3.05, 3.63) is 83.7 Å². The predicted octanol–water partition coefficient (Wildman–Crippen LogP) is 4.50. The molecule has 6 rings (SSSR count). The largest absolute Gasteiger partial charge is 0.378 e. The average molecular weight is 522 g/mol. The van der Waals surface area contributed by atoms with Gasteiger partial charge < -0.3 is 15.6 Å². The Morgan fingerprint density at radius 1 is 1.03 bits per heavy atom. The van der Waals surface area contributed by atoms with Crippen LogP contribution in [0.1, 0.15) is 43.4 Å². The zero-order chi connectivity index (χ0) is 27.2. The minimum atomic E-state index is -0.129. The fourth-order valence-electron chi connectivity index (χ4n) is 5.56. The van der Waals surface area contributed by atoms with E-state index >= 15 is 0 Å². The number of hydrogen-bond acceptors (Lipinski definition) is 7. The zero-order valence-corrected chi connectivity index (χ0v) is 23.1. The quantitative estimate of drug-likeness (QED) is 0.234. The van der Waals surface area contributed by atoms with Crippen LogP contribution < -0.4 is 16.0 Å². The van der Waals surface area contributed by atoms with Gasteiger partial charge in [0.25, 0.3) is 0 Å². The van der Waals surface area contributed by atoms with E-state index in [0.29, 0.717) is 6.54 Å². The number of fused-ring (bicyclic) bond motifs is 2. The van der Waals surface area contributed by atoms with Crippen molar-refractivity contribution < 1.29 is 0 Å².